The van der Waals surface area contributed by atoms with Crippen molar-refractivity contribution in [1.29, 1.82) is 0 Å². The fraction of sp³-hybridized carbons (Fsp3) is 1.00. The molecular weight excluding hydrogens is 454 g/mol. The average molecular weight is 455 g/mol. The van der Waals surface area contributed by atoms with Gasteiger partial charge in [-0.1, -0.05) is 0 Å². The molecule has 148 valence electrons. The van der Waals surface area contributed by atoms with Crippen molar-refractivity contribution in [2.45, 2.75) is 36.3 Å². The lowest BCUT2D eigenvalue weighted by atomic mass is 9.98. The zero-order chi connectivity index (χ0) is 20.6. The van der Waals surface area contributed by atoms with Crippen LogP contribution in [-0.2, 0) is 8.26 Å². The SMILES string of the molecule is FC(F)C(F)(F)C(F)(F)C(F)(F)C(F)(F)C(F)(F)F.O=S(=O)(Cl)Cl. The van der Waals surface area contributed by atoms with Crippen LogP contribution in [0.25, 0.3) is 0 Å². The summed E-state index contributed by atoms with van der Waals surface area (Å²) in [4.78, 5) is 0. The van der Waals surface area contributed by atoms with Gasteiger partial charge in [0.15, 0.2) is 0 Å². The molecule has 0 radical (unpaired) electrons. The maximum absolute atomic E-state index is 12.3. The van der Waals surface area contributed by atoms with Crippen molar-refractivity contribution in [3.63, 3.8) is 0 Å². The largest absolute Gasteiger partial charge is 0.460 e. The summed E-state index contributed by atoms with van der Waals surface area (Å²) in [5.74, 6) is -30.1. The highest BCUT2D eigenvalue weighted by atomic mass is 36.0. The number of rotatable bonds is 4. The maximum atomic E-state index is 12.3. The topological polar surface area (TPSA) is 34.1 Å². The van der Waals surface area contributed by atoms with E-state index in [1.165, 1.54) is 0 Å². The van der Waals surface area contributed by atoms with Gasteiger partial charge < -0.3 is 0 Å². The van der Waals surface area contributed by atoms with Crippen LogP contribution >= 0.6 is 21.4 Å². The zero-order valence-corrected chi connectivity index (χ0v) is 12.3. The van der Waals surface area contributed by atoms with E-state index in [9.17, 15) is 57.1 Å². The van der Waals surface area contributed by atoms with Crippen LogP contribution in [0.3, 0.4) is 0 Å². The third kappa shape index (κ3) is 5.31. The molecule has 0 bridgehead atoms. The molecule has 18 heteroatoms. The second-order valence-electron chi connectivity index (χ2n) is 3.52. The molecule has 0 aromatic carbocycles. The van der Waals surface area contributed by atoms with E-state index < -0.39 is 44.6 Å². The van der Waals surface area contributed by atoms with Crippen LogP contribution in [0.15, 0.2) is 0 Å². The summed E-state index contributed by atoms with van der Waals surface area (Å²) in [6.07, 6.45) is -12.9. The van der Waals surface area contributed by atoms with Crippen molar-refractivity contribution in [2.75, 3.05) is 0 Å². The minimum absolute atomic E-state index is 3.72. The van der Waals surface area contributed by atoms with Gasteiger partial charge in [-0.25, -0.2) is 8.78 Å². The summed E-state index contributed by atoms with van der Waals surface area (Å²) in [6.45, 7) is 0. The molecule has 2 nitrogen and oxygen atoms in total. The van der Waals surface area contributed by atoms with E-state index in [4.69, 9.17) is 8.42 Å². The molecule has 0 aliphatic heterocycles. The quantitative estimate of drug-likeness (QED) is 0.439. The Morgan fingerprint density at radius 3 is 1.04 bits per heavy atom. The predicted molar refractivity (Wildman–Crippen MR) is 52.5 cm³/mol. The third-order valence-electron chi connectivity index (χ3n) is 1.84. The molecule has 0 aliphatic rings. The van der Waals surface area contributed by atoms with Crippen molar-refractivity contribution >= 4 is 29.6 Å². The zero-order valence-electron chi connectivity index (χ0n) is 9.97. The van der Waals surface area contributed by atoms with Crippen molar-refractivity contribution in [3.8, 4) is 0 Å². The first kappa shape index (κ1) is 25.9. The first-order valence-electron chi connectivity index (χ1n) is 4.45. The van der Waals surface area contributed by atoms with Crippen molar-refractivity contribution in [1.82, 2.24) is 0 Å². The molecule has 0 fully saturated rings. The lowest BCUT2D eigenvalue weighted by molar-refractivity contribution is -0.430. The standard InChI is InChI=1S/C6HF13.Cl2O2S/c7-1(8)2(9,10)3(11,12)4(13,14)5(15,16)6(17,18)19;1-5(2,3)4/h1H;. The van der Waals surface area contributed by atoms with Gasteiger partial charge in [0.1, 0.15) is 0 Å². The van der Waals surface area contributed by atoms with Gasteiger partial charge in [0, 0.05) is 21.4 Å². The number of halogens is 15. The molecule has 0 heterocycles. The lowest BCUT2D eigenvalue weighted by Gasteiger charge is -2.36. The fourth-order valence-corrected chi connectivity index (χ4v) is 0.722. The summed E-state index contributed by atoms with van der Waals surface area (Å²) >= 11 is 0. The van der Waals surface area contributed by atoms with E-state index in [-0.39, 0.29) is 0 Å². The number of alkyl halides is 13. The van der Waals surface area contributed by atoms with Gasteiger partial charge in [0.2, 0.25) is 0 Å². The summed E-state index contributed by atoms with van der Waals surface area (Å²) in [7, 11) is 4.81. The Kier molecular flexibility index (Phi) is 7.64. The van der Waals surface area contributed by atoms with Gasteiger partial charge in [0.05, 0.1) is 0 Å². The molecular formula is C6HCl2F13O2S. The van der Waals surface area contributed by atoms with Gasteiger partial charge in [-0.05, 0) is 0 Å². The molecule has 0 N–H and O–H groups in total. The lowest BCUT2D eigenvalue weighted by Crippen LogP contribution is -2.67. The Hall–Kier alpha value is -0.380. The third-order valence-corrected chi connectivity index (χ3v) is 1.84. The van der Waals surface area contributed by atoms with E-state index in [1.807, 2.05) is 0 Å². The van der Waals surface area contributed by atoms with E-state index in [1.54, 1.807) is 0 Å². The van der Waals surface area contributed by atoms with Gasteiger partial charge in [-0.2, -0.15) is 56.7 Å². The monoisotopic (exact) mass is 454 g/mol. The molecule has 0 saturated carbocycles. The van der Waals surface area contributed by atoms with Gasteiger partial charge >= 0.3 is 44.6 Å². The summed E-state index contributed by atoms with van der Waals surface area (Å²) in [5.41, 5.74) is 0. The smallest absolute Gasteiger partial charge is 0.203 e. The normalized spacial score (nSPS) is 15.2. The van der Waals surface area contributed by atoms with Crippen molar-refractivity contribution in [3.05, 3.63) is 0 Å². The van der Waals surface area contributed by atoms with Crippen LogP contribution in [0.4, 0.5) is 57.1 Å². The van der Waals surface area contributed by atoms with Crippen LogP contribution in [0.2, 0.25) is 0 Å². The summed E-state index contributed by atoms with van der Waals surface area (Å²) in [5, 5.41) is 0. The van der Waals surface area contributed by atoms with Crippen LogP contribution in [0.5, 0.6) is 0 Å². The minimum atomic E-state index is -7.78. The van der Waals surface area contributed by atoms with Crippen molar-refractivity contribution < 1.29 is 65.5 Å². The molecule has 0 aromatic rings. The van der Waals surface area contributed by atoms with Gasteiger partial charge in [-0.3, -0.25) is 0 Å². The first-order valence-corrected chi connectivity index (χ1v) is 7.58. The second kappa shape index (κ2) is 7.09. The highest BCUT2D eigenvalue weighted by Gasteiger charge is 2.88. The number of hydrogen-bond acceptors (Lipinski definition) is 2. The Labute approximate surface area is 132 Å². The van der Waals surface area contributed by atoms with Crippen LogP contribution in [-0.4, -0.2) is 44.7 Å². The molecule has 24 heavy (non-hydrogen) atoms. The van der Waals surface area contributed by atoms with E-state index in [0.717, 1.165) is 0 Å². The van der Waals surface area contributed by atoms with Crippen LogP contribution in [0.1, 0.15) is 0 Å². The van der Waals surface area contributed by atoms with Gasteiger partial charge in [0.25, 0.3) is 0 Å². The maximum Gasteiger partial charge on any atom is 0.460 e. The minimum Gasteiger partial charge on any atom is -0.203 e. The average Bonchev–Trinajstić information content (AvgIpc) is 2.23. The highest BCUT2D eigenvalue weighted by molar-refractivity contribution is 8.31. The molecule has 0 spiro atoms. The van der Waals surface area contributed by atoms with Crippen molar-refractivity contribution in [2.24, 2.45) is 0 Å². The van der Waals surface area contributed by atoms with E-state index in [2.05, 4.69) is 21.4 Å². The fourth-order valence-electron chi connectivity index (χ4n) is 0.722. The molecule has 0 rings (SSSR count). The molecule has 0 amide bonds. The van der Waals surface area contributed by atoms with Crippen LogP contribution in [0, 0.1) is 0 Å². The Bertz CT molecular complexity index is 517. The molecule has 0 atom stereocenters. The molecule has 0 unspecified atom stereocenters. The van der Waals surface area contributed by atoms with Gasteiger partial charge in [-0.15, -0.1) is 0 Å². The first-order chi connectivity index (χ1) is 9.94. The second-order valence-corrected chi connectivity index (χ2v) is 7.19. The van der Waals surface area contributed by atoms with Crippen LogP contribution < -0.4 is 0 Å². The highest BCUT2D eigenvalue weighted by Crippen LogP contribution is 2.58. The summed E-state index contributed by atoms with van der Waals surface area (Å²) < 4.78 is 173. The Morgan fingerprint density at radius 2 is 0.875 bits per heavy atom. The Morgan fingerprint density at radius 1 is 0.625 bits per heavy atom. The molecule has 0 aliphatic carbocycles. The predicted octanol–water partition coefficient (Wildman–Crippen LogP) is 5.06. The van der Waals surface area contributed by atoms with E-state index in [0.29, 0.717) is 0 Å². The molecule has 0 saturated heterocycles. The van der Waals surface area contributed by atoms with E-state index >= 15 is 0 Å². The Balaban J connectivity index is 0. The molecule has 0 aromatic heterocycles. The summed E-state index contributed by atoms with van der Waals surface area (Å²) in [6, 6.07) is 0. The number of hydrogen-bond donors (Lipinski definition) is 0.